The zero-order chi connectivity index (χ0) is 12.0. The van der Waals surface area contributed by atoms with Gasteiger partial charge in [0.05, 0.1) is 20.4 Å². The summed E-state index contributed by atoms with van der Waals surface area (Å²) < 4.78 is 13.8. The van der Waals surface area contributed by atoms with Gasteiger partial charge in [-0.15, -0.1) is 11.3 Å². The lowest BCUT2D eigenvalue weighted by molar-refractivity contribution is 0.623. The summed E-state index contributed by atoms with van der Waals surface area (Å²) in [5, 5.41) is 0. The Morgan fingerprint density at radius 2 is 2.18 bits per heavy atom. The van der Waals surface area contributed by atoms with Crippen LogP contribution in [-0.2, 0) is 0 Å². The van der Waals surface area contributed by atoms with E-state index in [2.05, 4.69) is 25.9 Å². The molecule has 3 aromatic rings. The molecule has 0 unspecified atom stereocenters. The highest BCUT2D eigenvalue weighted by molar-refractivity contribution is 9.10. The standard InChI is InChI=1S/C12H8BrFN2S/c1-6-2-3-11(17-6)12-15-9-4-7(13)8(14)5-10(9)16-12/h2-5H,1H3,(H,15,16). The average Bonchev–Trinajstić information content (AvgIpc) is 2.85. The number of aromatic amines is 1. The van der Waals surface area contributed by atoms with Gasteiger partial charge < -0.3 is 4.98 Å². The topological polar surface area (TPSA) is 28.7 Å². The van der Waals surface area contributed by atoms with E-state index >= 15 is 0 Å². The minimum Gasteiger partial charge on any atom is -0.337 e. The highest BCUT2D eigenvalue weighted by atomic mass is 79.9. The lowest BCUT2D eigenvalue weighted by Gasteiger charge is -1.92. The van der Waals surface area contributed by atoms with Crippen molar-refractivity contribution in [3.63, 3.8) is 0 Å². The number of aromatic nitrogens is 2. The third kappa shape index (κ3) is 1.89. The molecule has 2 heterocycles. The van der Waals surface area contributed by atoms with Crippen LogP contribution >= 0.6 is 27.3 Å². The Kier molecular flexibility index (Phi) is 2.52. The van der Waals surface area contributed by atoms with Crippen LogP contribution in [0, 0.1) is 12.7 Å². The van der Waals surface area contributed by atoms with Crippen molar-refractivity contribution in [3.05, 3.63) is 39.4 Å². The van der Waals surface area contributed by atoms with Crippen LogP contribution < -0.4 is 0 Å². The van der Waals surface area contributed by atoms with Crippen LogP contribution in [0.4, 0.5) is 4.39 Å². The molecule has 0 spiro atoms. The molecule has 0 fully saturated rings. The summed E-state index contributed by atoms with van der Waals surface area (Å²) in [5.41, 5.74) is 1.48. The fourth-order valence-corrected chi connectivity index (χ4v) is 2.83. The van der Waals surface area contributed by atoms with Gasteiger partial charge in [0.1, 0.15) is 11.6 Å². The fraction of sp³-hybridized carbons (Fsp3) is 0.0833. The number of fused-ring (bicyclic) bond motifs is 1. The minimum absolute atomic E-state index is 0.282. The lowest BCUT2D eigenvalue weighted by atomic mass is 10.3. The van der Waals surface area contributed by atoms with Crippen molar-refractivity contribution < 1.29 is 4.39 Å². The first-order valence-corrected chi connectivity index (χ1v) is 6.66. The van der Waals surface area contributed by atoms with Crippen LogP contribution in [0.3, 0.4) is 0 Å². The molecule has 0 bridgehead atoms. The first-order chi connectivity index (χ1) is 8.13. The van der Waals surface area contributed by atoms with Gasteiger partial charge in [-0.05, 0) is 41.1 Å². The molecular formula is C12H8BrFN2S. The van der Waals surface area contributed by atoms with Gasteiger partial charge in [-0.2, -0.15) is 0 Å². The van der Waals surface area contributed by atoms with Crippen molar-refractivity contribution in [2.75, 3.05) is 0 Å². The fourth-order valence-electron chi connectivity index (χ4n) is 1.68. The van der Waals surface area contributed by atoms with E-state index in [0.29, 0.717) is 9.99 Å². The Labute approximate surface area is 110 Å². The van der Waals surface area contributed by atoms with Crippen LogP contribution in [0.5, 0.6) is 0 Å². The molecule has 0 saturated carbocycles. The van der Waals surface area contributed by atoms with Gasteiger partial charge in [-0.3, -0.25) is 0 Å². The second-order valence-corrected chi connectivity index (χ2v) is 5.92. The molecule has 0 aliphatic heterocycles. The normalized spacial score (nSPS) is 11.2. The number of imidazole rings is 1. The monoisotopic (exact) mass is 310 g/mol. The number of hydrogen-bond acceptors (Lipinski definition) is 2. The van der Waals surface area contributed by atoms with Crippen molar-refractivity contribution >= 4 is 38.3 Å². The largest absolute Gasteiger partial charge is 0.337 e. The Morgan fingerprint density at radius 3 is 2.88 bits per heavy atom. The summed E-state index contributed by atoms with van der Waals surface area (Å²) in [6, 6.07) is 7.20. The van der Waals surface area contributed by atoms with E-state index in [1.807, 2.05) is 19.1 Å². The maximum Gasteiger partial charge on any atom is 0.148 e. The summed E-state index contributed by atoms with van der Waals surface area (Å²) in [6.07, 6.45) is 0. The molecule has 2 aromatic heterocycles. The van der Waals surface area contributed by atoms with E-state index in [-0.39, 0.29) is 5.82 Å². The molecule has 2 nitrogen and oxygen atoms in total. The van der Waals surface area contributed by atoms with E-state index in [0.717, 1.165) is 16.2 Å². The summed E-state index contributed by atoms with van der Waals surface area (Å²) >= 11 is 4.82. The number of rotatable bonds is 1. The van der Waals surface area contributed by atoms with Crippen molar-refractivity contribution in [2.24, 2.45) is 0 Å². The molecule has 0 atom stereocenters. The maximum atomic E-state index is 13.4. The molecule has 3 rings (SSSR count). The van der Waals surface area contributed by atoms with Crippen molar-refractivity contribution in [2.45, 2.75) is 6.92 Å². The van der Waals surface area contributed by atoms with Crippen LogP contribution in [-0.4, -0.2) is 9.97 Å². The molecule has 0 saturated heterocycles. The Bertz CT molecular complexity index is 663. The van der Waals surface area contributed by atoms with Gasteiger partial charge in [-0.1, -0.05) is 0 Å². The molecule has 17 heavy (non-hydrogen) atoms. The predicted octanol–water partition coefficient (Wildman–Crippen LogP) is 4.50. The lowest BCUT2D eigenvalue weighted by Crippen LogP contribution is -1.77. The van der Waals surface area contributed by atoms with Crippen LogP contribution in [0.2, 0.25) is 0 Å². The maximum absolute atomic E-state index is 13.4. The van der Waals surface area contributed by atoms with Gasteiger partial charge in [-0.25, -0.2) is 9.37 Å². The molecule has 5 heteroatoms. The van der Waals surface area contributed by atoms with E-state index in [9.17, 15) is 4.39 Å². The number of halogens is 2. The van der Waals surface area contributed by atoms with Gasteiger partial charge >= 0.3 is 0 Å². The Hall–Kier alpha value is -1.20. The van der Waals surface area contributed by atoms with Crippen molar-refractivity contribution in [1.29, 1.82) is 0 Å². The summed E-state index contributed by atoms with van der Waals surface area (Å²) in [4.78, 5) is 9.88. The average molecular weight is 311 g/mol. The number of hydrogen-bond donors (Lipinski definition) is 1. The van der Waals surface area contributed by atoms with E-state index in [1.54, 1.807) is 17.4 Å². The smallest absolute Gasteiger partial charge is 0.148 e. The number of nitrogens with zero attached hydrogens (tertiary/aromatic N) is 1. The third-order valence-electron chi connectivity index (χ3n) is 2.50. The highest BCUT2D eigenvalue weighted by Gasteiger charge is 2.09. The Balaban J connectivity index is 2.19. The number of benzene rings is 1. The second-order valence-electron chi connectivity index (χ2n) is 3.78. The van der Waals surface area contributed by atoms with E-state index in [1.165, 1.54) is 10.9 Å². The SMILES string of the molecule is Cc1ccc(-c2nc3cc(Br)c(F)cc3[nH]2)s1. The quantitative estimate of drug-likeness (QED) is 0.704. The summed E-state index contributed by atoms with van der Waals surface area (Å²) in [5.74, 6) is 0.505. The molecule has 0 radical (unpaired) electrons. The van der Waals surface area contributed by atoms with Crippen molar-refractivity contribution in [3.8, 4) is 10.7 Å². The Morgan fingerprint density at radius 1 is 1.35 bits per heavy atom. The first kappa shape index (κ1) is 10.9. The second kappa shape index (κ2) is 3.92. The van der Waals surface area contributed by atoms with Crippen LogP contribution in [0.15, 0.2) is 28.7 Å². The van der Waals surface area contributed by atoms with Crippen LogP contribution in [0.25, 0.3) is 21.7 Å². The zero-order valence-corrected chi connectivity index (χ0v) is 11.3. The third-order valence-corrected chi connectivity index (χ3v) is 4.11. The van der Waals surface area contributed by atoms with Gasteiger partial charge in [0.25, 0.3) is 0 Å². The zero-order valence-electron chi connectivity index (χ0n) is 8.92. The van der Waals surface area contributed by atoms with Gasteiger partial charge in [0.2, 0.25) is 0 Å². The number of aryl methyl sites for hydroxylation is 1. The molecular weight excluding hydrogens is 303 g/mol. The number of nitrogens with one attached hydrogen (secondary N) is 1. The molecule has 86 valence electrons. The number of thiophene rings is 1. The first-order valence-electron chi connectivity index (χ1n) is 5.05. The summed E-state index contributed by atoms with van der Waals surface area (Å²) in [6.45, 7) is 2.05. The van der Waals surface area contributed by atoms with E-state index < -0.39 is 0 Å². The predicted molar refractivity (Wildman–Crippen MR) is 71.8 cm³/mol. The molecule has 0 aliphatic carbocycles. The molecule has 1 aromatic carbocycles. The van der Waals surface area contributed by atoms with Gasteiger partial charge in [0.15, 0.2) is 0 Å². The summed E-state index contributed by atoms with van der Waals surface area (Å²) in [7, 11) is 0. The van der Waals surface area contributed by atoms with E-state index in [4.69, 9.17) is 0 Å². The van der Waals surface area contributed by atoms with Crippen LogP contribution in [0.1, 0.15) is 4.88 Å². The number of H-pyrrole nitrogens is 1. The molecule has 1 N–H and O–H groups in total. The highest BCUT2D eigenvalue weighted by Crippen LogP contribution is 2.29. The molecule has 0 amide bonds. The van der Waals surface area contributed by atoms with Gasteiger partial charge in [0, 0.05) is 10.9 Å². The molecule has 0 aliphatic rings. The minimum atomic E-state index is -0.282. The van der Waals surface area contributed by atoms with Crippen molar-refractivity contribution in [1.82, 2.24) is 9.97 Å².